The molecule has 1 atom stereocenters. The van der Waals surface area contributed by atoms with Crippen molar-refractivity contribution in [3.63, 3.8) is 0 Å². The molecule has 0 aromatic heterocycles. The molecule has 0 radical (unpaired) electrons. The van der Waals surface area contributed by atoms with Crippen molar-refractivity contribution in [1.29, 1.82) is 0 Å². The van der Waals surface area contributed by atoms with Gasteiger partial charge < -0.3 is 16.2 Å². The summed E-state index contributed by atoms with van der Waals surface area (Å²) < 4.78 is 0. The number of nitrogens with one attached hydrogen (secondary N) is 1. The van der Waals surface area contributed by atoms with Gasteiger partial charge in [0, 0.05) is 19.6 Å². The van der Waals surface area contributed by atoms with Gasteiger partial charge >= 0.3 is 0 Å². The molecule has 0 aliphatic rings. The number of carbonyl (C=O) groups excluding carboxylic acids is 1. The Labute approximate surface area is 85.9 Å². The lowest BCUT2D eigenvalue weighted by Crippen LogP contribution is -2.28. The smallest absolute Gasteiger partial charge is 0.220 e. The van der Waals surface area contributed by atoms with Crippen LogP contribution in [0.3, 0.4) is 0 Å². The van der Waals surface area contributed by atoms with Gasteiger partial charge in [0.2, 0.25) is 5.91 Å². The molecule has 4 heteroatoms. The van der Waals surface area contributed by atoms with Crippen molar-refractivity contribution in [3.05, 3.63) is 0 Å². The lowest BCUT2D eigenvalue weighted by Gasteiger charge is -2.10. The van der Waals surface area contributed by atoms with Gasteiger partial charge in [0.25, 0.3) is 0 Å². The Hall–Kier alpha value is -0.610. The third kappa shape index (κ3) is 8.01. The van der Waals surface area contributed by atoms with Crippen LogP contribution in [-0.4, -0.2) is 30.7 Å². The zero-order valence-corrected chi connectivity index (χ0v) is 8.96. The molecule has 1 amide bonds. The Bertz CT molecular complexity index is 151. The highest BCUT2D eigenvalue weighted by Crippen LogP contribution is 1.99. The molecule has 0 saturated heterocycles. The van der Waals surface area contributed by atoms with E-state index in [0.717, 1.165) is 19.3 Å². The molecule has 0 spiro atoms. The summed E-state index contributed by atoms with van der Waals surface area (Å²) >= 11 is 0. The highest BCUT2D eigenvalue weighted by atomic mass is 16.3. The van der Waals surface area contributed by atoms with E-state index < -0.39 is 0 Å². The number of aliphatic hydroxyl groups excluding tert-OH is 1. The minimum Gasteiger partial charge on any atom is -0.396 e. The first kappa shape index (κ1) is 13.4. The molecule has 0 aliphatic carbocycles. The van der Waals surface area contributed by atoms with Gasteiger partial charge in [-0.25, -0.2) is 0 Å². The topological polar surface area (TPSA) is 75.3 Å². The third-order valence-electron chi connectivity index (χ3n) is 2.13. The second-order valence-electron chi connectivity index (χ2n) is 3.67. The highest BCUT2D eigenvalue weighted by molar-refractivity contribution is 5.75. The van der Waals surface area contributed by atoms with Crippen LogP contribution >= 0.6 is 0 Å². The Morgan fingerprint density at radius 1 is 1.50 bits per heavy atom. The second-order valence-corrected chi connectivity index (χ2v) is 3.67. The standard InChI is InChI=1S/C10H22N2O2/c1-9(5-7-13)8-12-10(14)4-2-3-6-11/h9,13H,2-8,11H2,1H3,(H,12,14). The van der Waals surface area contributed by atoms with Gasteiger partial charge in [-0.05, 0) is 31.7 Å². The highest BCUT2D eigenvalue weighted by Gasteiger charge is 2.04. The van der Waals surface area contributed by atoms with Crippen molar-refractivity contribution in [1.82, 2.24) is 5.32 Å². The summed E-state index contributed by atoms with van der Waals surface area (Å²) in [6.45, 7) is 3.50. The molecule has 0 aliphatic heterocycles. The first-order valence-electron chi connectivity index (χ1n) is 5.28. The maximum Gasteiger partial charge on any atom is 0.220 e. The van der Waals surface area contributed by atoms with E-state index in [1.54, 1.807) is 0 Å². The molecule has 0 heterocycles. The van der Waals surface area contributed by atoms with E-state index in [1.165, 1.54) is 0 Å². The van der Waals surface area contributed by atoms with Crippen molar-refractivity contribution in [2.24, 2.45) is 11.7 Å². The first-order valence-corrected chi connectivity index (χ1v) is 5.28. The Morgan fingerprint density at radius 3 is 2.79 bits per heavy atom. The lowest BCUT2D eigenvalue weighted by atomic mass is 10.1. The molecule has 0 aromatic rings. The molecule has 0 bridgehead atoms. The monoisotopic (exact) mass is 202 g/mol. The molecule has 84 valence electrons. The molecule has 0 saturated carbocycles. The van der Waals surface area contributed by atoms with E-state index >= 15 is 0 Å². The molecule has 0 aromatic carbocycles. The van der Waals surface area contributed by atoms with E-state index in [9.17, 15) is 4.79 Å². The maximum atomic E-state index is 11.2. The summed E-state index contributed by atoms with van der Waals surface area (Å²) in [5.74, 6) is 0.432. The lowest BCUT2D eigenvalue weighted by molar-refractivity contribution is -0.121. The fourth-order valence-corrected chi connectivity index (χ4v) is 1.13. The van der Waals surface area contributed by atoms with Crippen LogP contribution in [0, 0.1) is 5.92 Å². The van der Waals surface area contributed by atoms with Crippen molar-refractivity contribution in [3.8, 4) is 0 Å². The predicted molar refractivity (Wildman–Crippen MR) is 56.8 cm³/mol. The zero-order valence-electron chi connectivity index (χ0n) is 8.96. The van der Waals surface area contributed by atoms with Gasteiger partial charge in [-0.3, -0.25) is 4.79 Å². The molecule has 0 fully saturated rings. The number of carbonyl (C=O) groups is 1. The Morgan fingerprint density at radius 2 is 2.21 bits per heavy atom. The minimum absolute atomic E-state index is 0.0863. The summed E-state index contributed by atoms with van der Waals surface area (Å²) in [5, 5.41) is 11.5. The predicted octanol–water partition coefficient (Wildman–Crippen LogP) is 0.250. The average Bonchev–Trinajstić information content (AvgIpc) is 2.16. The van der Waals surface area contributed by atoms with Crippen LogP contribution in [0.15, 0.2) is 0 Å². The van der Waals surface area contributed by atoms with Gasteiger partial charge in [0.15, 0.2) is 0 Å². The number of aliphatic hydroxyl groups is 1. The maximum absolute atomic E-state index is 11.2. The fraction of sp³-hybridized carbons (Fsp3) is 0.900. The molecule has 4 N–H and O–H groups in total. The number of nitrogens with two attached hydrogens (primary N) is 1. The fourth-order valence-electron chi connectivity index (χ4n) is 1.13. The quantitative estimate of drug-likeness (QED) is 0.494. The zero-order chi connectivity index (χ0) is 10.8. The van der Waals surface area contributed by atoms with Crippen molar-refractivity contribution in [2.45, 2.75) is 32.6 Å². The molecular weight excluding hydrogens is 180 g/mol. The van der Waals surface area contributed by atoms with Gasteiger partial charge in [0.1, 0.15) is 0 Å². The Balaban J connectivity index is 3.34. The van der Waals surface area contributed by atoms with Gasteiger partial charge in [-0.15, -0.1) is 0 Å². The minimum atomic E-state index is 0.0863. The van der Waals surface area contributed by atoms with E-state index in [1.807, 2.05) is 6.92 Å². The van der Waals surface area contributed by atoms with Crippen molar-refractivity contribution >= 4 is 5.91 Å². The van der Waals surface area contributed by atoms with E-state index in [0.29, 0.717) is 25.4 Å². The third-order valence-corrected chi connectivity index (χ3v) is 2.13. The van der Waals surface area contributed by atoms with Crippen LogP contribution in [0.2, 0.25) is 0 Å². The van der Waals surface area contributed by atoms with Gasteiger partial charge in [0.05, 0.1) is 0 Å². The molecule has 1 unspecified atom stereocenters. The molecule has 4 nitrogen and oxygen atoms in total. The number of hydrogen-bond acceptors (Lipinski definition) is 3. The number of rotatable bonds is 8. The summed E-state index contributed by atoms with van der Waals surface area (Å²) in [6.07, 6.45) is 3.06. The molecule has 14 heavy (non-hydrogen) atoms. The van der Waals surface area contributed by atoms with E-state index in [-0.39, 0.29) is 12.5 Å². The normalized spacial score (nSPS) is 12.5. The van der Waals surface area contributed by atoms with Gasteiger partial charge in [-0.1, -0.05) is 6.92 Å². The molecular formula is C10H22N2O2. The molecule has 0 rings (SSSR count). The van der Waals surface area contributed by atoms with Crippen LogP contribution in [0.1, 0.15) is 32.6 Å². The van der Waals surface area contributed by atoms with Gasteiger partial charge in [-0.2, -0.15) is 0 Å². The van der Waals surface area contributed by atoms with Crippen molar-refractivity contribution < 1.29 is 9.90 Å². The van der Waals surface area contributed by atoms with Crippen molar-refractivity contribution in [2.75, 3.05) is 19.7 Å². The number of unbranched alkanes of at least 4 members (excludes halogenated alkanes) is 1. The summed E-state index contributed by atoms with van der Waals surface area (Å²) in [7, 11) is 0. The average molecular weight is 202 g/mol. The first-order chi connectivity index (χ1) is 6.70. The second kappa shape index (κ2) is 8.97. The number of hydrogen-bond donors (Lipinski definition) is 3. The summed E-state index contributed by atoms with van der Waals surface area (Å²) in [6, 6.07) is 0. The van der Waals surface area contributed by atoms with E-state index in [4.69, 9.17) is 10.8 Å². The Kier molecular flexibility index (Phi) is 8.57. The van der Waals surface area contributed by atoms with Crippen LogP contribution in [0.4, 0.5) is 0 Å². The summed E-state index contributed by atoms with van der Waals surface area (Å²) in [4.78, 5) is 11.2. The summed E-state index contributed by atoms with van der Waals surface area (Å²) in [5.41, 5.74) is 5.32. The van der Waals surface area contributed by atoms with Crippen LogP contribution in [-0.2, 0) is 4.79 Å². The largest absolute Gasteiger partial charge is 0.396 e. The van der Waals surface area contributed by atoms with Crippen LogP contribution < -0.4 is 11.1 Å². The van der Waals surface area contributed by atoms with E-state index in [2.05, 4.69) is 5.32 Å². The van der Waals surface area contributed by atoms with Crippen LogP contribution in [0.25, 0.3) is 0 Å². The number of amides is 1. The van der Waals surface area contributed by atoms with Crippen LogP contribution in [0.5, 0.6) is 0 Å². The SMILES string of the molecule is CC(CCO)CNC(=O)CCCCN.